The lowest BCUT2D eigenvalue weighted by molar-refractivity contribution is -0.183. The van der Waals surface area contributed by atoms with E-state index in [2.05, 4.69) is 20.8 Å². The van der Waals surface area contributed by atoms with Crippen molar-refractivity contribution in [3.05, 3.63) is 11.1 Å². The van der Waals surface area contributed by atoms with Crippen LogP contribution in [0.5, 0.6) is 0 Å². The number of fused-ring (bicyclic) bond motifs is 4. The average molecular weight is 503 g/mol. The van der Waals surface area contributed by atoms with Crippen LogP contribution in [0, 0.1) is 40.4 Å². The van der Waals surface area contributed by atoms with Gasteiger partial charge in [0, 0.05) is 25.5 Å². The molecule has 1 spiro atoms. The van der Waals surface area contributed by atoms with E-state index < -0.39 is 23.2 Å². The lowest BCUT2D eigenvalue weighted by atomic mass is 9.43. The van der Waals surface area contributed by atoms with E-state index >= 15 is 0 Å². The van der Waals surface area contributed by atoms with Gasteiger partial charge in [0.25, 0.3) is 0 Å². The number of epoxide rings is 1. The Balaban J connectivity index is 1.26. The van der Waals surface area contributed by atoms with Crippen LogP contribution in [0.2, 0.25) is 0 Å². The summed E-state index contributed by atoms with van der Waals surface area (Å²) >= 11 is 0. The Morgan fingerprint density at radius 2 is 1.89 bits per heavy atom. The van der Waals surface area contributed by atoms with E-state index in [1.54, 1.807) is 14.0 Å². The van der Waals surface area contributed by atoms with Crippen LogP contribution in [-0.4, -0.2) is 65.7 Å². The molecule has 7 nitrogen and oxygen atoms in total. The van der Waals surface area contributed by atoms with Gasteiger partial charge in [0.05, 0.1) is 24.2 Å². The molecule has 2 heterocycles. The zero-order valence-corrected chi connectivity index (χ0v) is 22.3. The Morgan fingerprint density at radius 3 is 2.58 bits per heavy atom. The number of ketones is 1. The van der Waals surface area contributed by atoms with Crippen LogP contribution in [0.1, 0.15) is 72.6 Å². The largest absolute Gasteiger partial charge is 0.458 e. The zero-order chi connectivity index (χ0) is 25.8. The fraction of sp³-hybridized carbons (Fsp3) is 0.862. The van der Waals surface area contributed by atoms with Crippen molar-refractivity contribution in [1.82, 2.24) is 0 Å². The van der Waals surface area contributed by atoms with Crippen LogP contribution < -0.4 is 0 Å². The Hall–Kier alpha value is -1.28. The zero-order valence-electron chi connectivity index (χ0n) is 22.3. The van der Waals surface area contributed by atoms with E-state index in [0.29, 0.717) is 29.7 Å². The van der Waals surface area contributed by atoms with Crippen LogP contribution in [0.3, 0.4) is 0 Å². The Labute approximate surface area is 213 Å². The molecule has 200 valence electrons. The normalized spacial score (nSPS) is 52.6. The first kappa shape index (κ1) is 25.0. The van der Waals surface area contributed by atoms with Gasteiger partial charge in [-0.25, -0.2) is 4.79 Å². The van der Waals surface area contributed by atoms with Crippen LogP contribution in [0.25, 0.3) is 0 Å². The summed E-state index contributed by atoms with van der Waals surface area (Å²) in [5.74, 6) is 1.61. The fourth-order valence-electron chi connectivity index (χ4n) is 10.2. The number of ether oxygens (including phenoxy) is 3. The molecule has 4 aliphatic carbocycles. The SMILES string of the molecule is CO[C@H]1CC(=O)[C@]2(C)C3CC[C@@]4(C)C(CCC4[C@H](C)[C@H]4CC(CO)=C(C)C(=O)O4)C3C[C@H]3O[C@]32[C@H]1O. The highest BCUT2D eigenvalue weighted by molar-refractivity contribution is 5.90. The minimum absolute atomic E-state index is 0.0843. The van der Waals surface area contributed by atoms with Crippen LogP contribution in [-0.2, 0) is 23.8 Å². The van der Waals surface area contributed by atoms with E-state index in [-0.39, 0.29) is 54.2 Å². The lowest BCUT2D eigenvalue weighted by Crippen LogP contribution is -2.68. The second-order valence-corrected chi connectivity index (χ2v) is 13.2. The second-order valence-electron chi connectivity index (χ2n) is 13.2. The topological polar surface area (TPSA) is 106 Å². The van der Waals surface area contributed by atoms with Crippen molar-refractivity contribution in [2.75, 3.05) is 13.7 Å². The predicted octanol–water partition coefficient (Wildman–Crippen LogP) is 3.20. The minimum atomic E-state index is -0.787. The van der Waals surface area contributed by atoms with Gasteiger partial charge in [-0.3, -0.25) is 4.79 Å². The number of rotatable bonds is 4. The molecule has 6 rings (SSSR count). The molecular weight excluding hydrogens is 460 g/mol. The summed E-state index contributed by atoms with van der Waals surface area (Å²) in [4.78, 5) is 26.2. The van der Waals surface area contributed by atoms with E-state index in [9.17, 15) is 19.8 Å². The molecule has 2 N–H and O–H groups in total. The molecule has 36 heavy (non-hydrogen) atoms. The number of hydrogen-bond acceptors (Lipinski definition) is 7. The molecule has 0 aromatic heterocycles. The van der Waals surface area contributed by atoms with Gasteiger partial charge in [0.1, 0.15) is 23.6 Å². The number of aliphatic hydroxyl groups excluding tert-OH is 2. The van der Waals surface area contributed by atoms with Gasteiger partial charge in [-0.15, -0.1) is 0 Å². The van der Waals surface area contributed by atoms with Gasteiger partial charge >= 0.3 is 5.97 Å². The van der Waals surface area contributed by atoms with Gasteiger partial charge in [-0.2, -0.15) is 0 Å². The van der Waals surface area contributed by atoms with E-state index in [1.807, 2.05) is 0 Å². The van der Waals surface area contributed by atoms with Gasteiger partial charge in [-0.1, -0.05) is 13.8 Å². The third kappa shape index (κ3) is 2.95. The molecular formula is C29H42O7. The number of carbonyl (C=O) groups is 2. The number of aliphatic hydroxyl groups is 2. The summed E-state index contributed by atoms with van der Waals surface area (Å²) in [6, 6.07) is 0. The second kappa shape index (κ2) is 8.11. The molecule has 0 aromatic carbocycles. The Morgan fingerprint density at radius 1 is 1.14 bits per heavy atom. The number of hydrogen-bond donors (Lipinski definition) is 2. The highest BCUT2D eigenvalue weighted by Gasteiger charge is 2.82. The molecule has 12 atom stereocenters. The lowest BCUT2D eigenvalue weighted by Gasteiger charge is -2.59. The number of methoxy groups -OCH3 is 1. The van der Waals surface area contributed by atoms with Crippen molar-refractivity contribution in [3.8, 4) is 0 Å². The van der Waals surface area contributed by atoms with E-state index in [1.165, 1.54) is 0 Å². The van der Waals surface area contributed by atoms with Gasteiger partial charge in [0.2, 0.25) is 0 Å². The Bertz CT molecular complexity index is 1010. The average Bonchev–Trinajstić information content (AvgIpc) is 3.49. The molecule has 6 aliphatic rings. The highest BCUT2D eigenvalue weighted by atomic mass is 16.6. The van der Waals surface area contributed by atoms with Gasteiger partial charge in [-0.05, 0) is 86.5 Å². The van der Waals surface area contributed by atoms with Crippen molar-refractivity contribution >= 4 is 11.8 Å². The first-order chi connectivity index (χ1) is 17.0. The minimum Gasteiger partial charge on any atom is -0.458 e. The van der Waals surface area contributed by atoms with E-state index in [0.717, 1.165) is 37.7 Å². The quantitative estimate of drug-likeness (QED) is 0.449. The van der Waals surface area contributed by atoms with Crippen molar-refractivity contribution in [2.45, 2.75) is 103 Å². The number of cyclic esters (lactones) is 1. The van der Waals surface area contributed by atoms with Crippen LogP contribution in [0.4, 0.5) is 0 Å². The van der Waals surface area contributed by atoms with Crippen LogP contribution >= 0.6 is 0 Å². The maximum absolute atomic E-state index is 13.7. The van der Waals surface area contributed by atoms with Crippen molar-refractivity contribution < 1.29 is 34.0 Å². The maximum atomic E-state index is 13.7. The number of carbonyl (C=O) groups excluding carboxylic acids is 2. The molecule has 5 fully saturated rings. The molecule has 0 bridgehead atoms. The number of Topliss-reactive ketones (excluding diaryl/α,β-unsaturated/α-hetero) is 1. The molecule has 4 saturated carbocycles. The summed E-state index contributed by atoms with van der Waals surface area (Å²) in [7, 11) is 1.57. The molecule has 7 heteroatoms. The monoisotopic (exact) mass is 502 g/mol. The molecule has 0 amide bonds. The van der Waals surface area contributed by atoms with Gasteiger partial charge in [0.15, 0.2) is 0 Å². The van der Waals surface area contributed by atoms with E-state index in [4.69, 9.17) is 14.2 Å². The number of esters is 1. The van der Waals surface area contributed by atoms with Crippen molar-refractivity contribution in [3.63, 3.8) is 0 Å². The molecule has 4 unspecified atom stereocenters. The first-order valence-electron chi connectivity index (χ1n) is 14.0. The fourth-order valence-corrected chi connectivity index (χ4v) is 10.2. The third-order valence-corrected chi connectivity index (χ3v) is 12.3. The maximum Gasteiger partial charge on any atom is 0.334 e. The molecule has 2 aliphatic heterocycles. The predicted molar refractivity (Wildman–Crippen MR) is 131 cm³/mol. The third-order valence-electron chi connectivity index (χ3n) is 12.3. The summed E-state index contributed by atoms with van der Waals surface area (Å²) in [5.41, 5.74) is 0.00838. The Kier molecular flexibility index (Phi) is 5.64. The highest BCUT2D eigenvalue weighted by Crippen LogP contribution is 2.73. The standard InChI is InChI=1S/C29H42O7/c1-14-16(13-30)10-21(35-26(14)33)15(2)18-6-7-19-17-11-24-29(36-24)25(32)22(34-5)12-23(31)28(29,4)20(17)8-9-27(18,19)3/h15,17-22,24-25,30,32H,6-13H2,1-5H3/t15-,17?,18?,19?,20?,21+,22-,24+,25-,27+,28-,29-/m0/s1. The van der Waals surface area contributed by atoms with Crippen LogP contribution in [0.15, 0.2) is 11.1 Å². The van der Waals surface area contributed by atoms with Crippen molar-refractivity contribution in [2.24, 2.45) is 40.4 Å². The van der Waals surface area contributed by atoms with Crippen molar-refractivity contribution in [1.29, 1.82) is 0 Å². The summed E-state index contributed by atoms with van der Waals surface area (Å²) in [6.45, 7) is 8.37. The summed E-state index contributed by atoms with van der Waals surface area (Å²) in [6.07, 6.45) is 4.42. The first-order valence-corrected chi connectivity index (χ1v) is 14.0. The smallest absolute Gasteiger partial charge is 0.334 e. The molecule has 1 saturated heterocycles. The van der Waals surface area contributed by atoms with Gasteiger partial charge < -0.3 is 24.4 Å². The molecule has 0 aromatic rings. The molecule has 0 radical (unpaired) electrons. The summed E-state index contributed by atoms with van der Waals surface area (Å²) < 4.78 is 17.7. The summed E-state index contributed by atoms with van der Waals surface area (Å²) in [5, 5.41) is 21.1.